The second-order valence-corrected chi connectivity index (χ2v) is 10.2. The molecule has 0 saturated heterocycles. The third-order valence-electron chi connectivity index (χ3n) is 4.08. The van der Waals surface area contributed by atoms with Crippen LogP contribution in [0.3, 0.4) is 0 Å². The van der Waals surface area contributed by atoms with Crippen molar-refractivity contribution in [2.24, 2.45) is 0 Å². The van der Waals surface area contributed by atoms with Crippen LogP contribution >= 0.6 is 44.8 Å². The molecule has 0 N–H and O–H groups in total. The fourth-order valence-electron chi connectivity index (χ4n) is 2.91. The first-order valence-corrected chi connectivity index (χ1v) is 10.6. The van der Waals surface area contributed by atoms with Crippen LogP contribution in [0.2, 0.25) is 15.1 Å². The molecule has 3 aromatic carbocycles. The van der Waals surface area contributed by atoms with Crippen molar-refractivity contribution >= 4 is 44.8 Å². The first kappa shape index (κ1) is 17.7. The maximum Gasteiger partial charge on any atom is 0.0406 e. The molecule has 3 rings (SSSR count). The van der Waals surface area contributed by atoms with Crippen LogP contribution < -0.4 is 0 Å². The summed E-state index contributed by atoms with van der Waals surface area (Å²) >= 11 is 18.3. The molecular weight excluding hydrogens is 379 g/mol. The van der Waals surface area contributed by atoms with E-state index in [4.69, 9.17) is 34.8 Å². The summed E-state index contributed by atoms with van der Waals surface area (Å²) in [6.45, 7) is 2.23. The average molecular weight is 396 g/mol. The third kappa shape index (κ3) is 3.32. The molecule has 0 nitrogen and oxygen atoms in total. The van der Waals surface area contributed by atoms with Gasteiger partial charge in [0.2, 0.25) is 0 Å². The van der Waals surface area contributed by atoms with E-state index < -0.39 is 10.0 Å². The van der Waals surface area contributed by atoms with Gasteiger partial charge in [0.05, 0.1) is 0 Å². The van der Waals surface area contributed by atoms with E-state index in [1.54, 1.807) is 0 Å². The summed E-state index contributed by atoms with van der Waals surface area (Å²) in [5, 5.41) is 2.24. The molecule has 0 aliphatic rings. The van der Waals surface area contributed by atoms with E-state index in [2.05, 4.69) is 43.3 Å². The lowest BCUT2D eigenvalue weighted by atomic mass is 10.3. The van der Waals surface area contributed by atoms with E-state index in [1.165, 1.54) is 14.7 Å². The molecular formula is C20H17Cl3S. The quantitative estimate of drug-likeness (QED) is 0.420. The zero-order valence-corrected chi connectivity index (χ0v) is 16.3. The smallest absolute Gasteiger partial charge is 0.0406 e. The molecule has 0 heterocycles. The lowest BCUT2D eigenvalue weighted by Crippen LogP contribution is -2.06. The van der Waals surface area contributed by atoms with Gasteiger partial charge in [0, 0.05) is 15.1 Å². The van der Waals surface area contributed by atoms with Crippen molar-refractivity contribution in [2.75, 3.05) is 5.75 Å². The minimum atomic E-state index is -1.40. The molecule has 0 atom stereocenters. The fourth-order valence-corrected chi connectivity index (χ4v) is 6.91. The second kappa shape index (κ2) is 7.41. The van der Waals surface area contributed by atoms with Crippen LogP contribution in [-0.4, -0.2) is 5.75 Å². The normalized spacial score (nSPS) is 12.2. The van der Waals surface area contributed by atoms with Crippen molar-refractivity contribution in [3.8, 4) is 0 Å². The van der Waals surface area contributed by atoms with Crippen LogP contribution in [-0.2, 0) is 0 Å². The van der Waals surface area contributed by atoms with Crippen LogP contribution in [0.25, 0.3) is 0 Å². The highest BCUT2D eigenvalue weighted by molar-refractivity contribution is 8.33. The number of hydrogen-bond acceptors (Lipinski definition) is 0. The molecule has 4 heteroatoms. The molecule has 0 fully saturated rings. The van der Waals surface area contributed by atoms with E-state index in [1.807, 2.05) is 36.4 Å². The molecule has 0 aliphatic carbocycles. The Morgan fingerprint density at radius 1 is 0.542 bits per heavy atom. The molecule has 0 amide bonds. The van der Waals surface area contributed by atoms with Crippen molar-refractivity contribution < 1.29 is 0 Å². The Kier molecular flexibility index (Phi) is 5.46. The second-order valence-electron chi connectivity index (χ2n) is 5.39. The lowest BCUT2D eigenvalue weighted by Gasteiger charge is -2.40. The number of hydrogen-bond donors (Lipinski definition) is 0. The summed E-state index contributed by atoms with van der Waals surface area (Å²) in [5.74, 6) is 0.984. The zero-order chi connectivity index (χ0) is 17.2. The Morgan fingerprint density at radius 2 is 0.792 bits per heavy atom. The average Bonchev–Trinajstić information content (AvgIpc) is 2.60. The Bertz CT molecular complexity index is 698. The Hall–Kier alpha value is -1.12. The Balaban J connectivity index is 2.27. The van der Waals surface area contributed by atoms with Crippen molar-refractivity contribution in [1.82, 2.24) is 0 Å². The van der Waals surface area contributed by atoms with Crippen LogP contribution in [0.1, 0.15) is 6.92 Å². The molecule has 0 bridgehead atoms. The van der Waals surface area contributed by atoms with Crippen molar-refractivity contribution in [2.45, 2.75) is 21.6 Å². The molecule has 124 valence electrons. The van der Waals surface area contributed by atoms with Gasteiger partial charge in [-0.15, -0.1) is 0 Å². The Labute approximate surface area is 159 Å². The number of benzene rings is 3. The molecule has 0 spiro atoms. The summed E-state index contributed by atoms with van der Waals surface area (Å²) in [6.07, 6.45) is 0. The largest absolute Gasteiger partial charge is 0.161 e. The lowest BCUT2D eigenvalue weighted by molar-refractivity contribution is 1.25. The molecule has 0 saturated carbocycles. The van der Waals surface area contributed by atoms with Gasteiger partial charge in [0.25, 0.3) is 0 Å². The van der Waals surface area contributed by atoms with Gasteiger partial charge in [-0.2, -0.15) is 10.0 Å². The van der Waals surface area contributed by atoms with Crippen molar-refractivity contribution in [3.05, 3.63) is 87.9 Å². The molecule has 0 unspecified atom stereocenters. The minimum absolute atomic E-state index is 0.746. The highest BCUT2D eigenvalue weighted by Gasteiger charge is 2.29. The van der Waals surface area contributed by atoms with Gasteiger partial charge in [-0.05, 0) is 93.2 Å². The van der Waals surface area contributed by atoms with E-state index in [0.29, 0.717) is 0 Å². The maximum absolute atomic E-state index is 6.11. The van der Waals surface area contributed by atoms with Gasteiger partial charge in [0.15, 0.2) is 0 Å². The predicted octanol–water partition coefficient (Wildman–Crippen LogP) is 7.95. The molecule has 0 aliphatic heterocycles. The van der Waals surface area contributed by atoms with Crippen LogP contribution in [0, 0.1) is 0 Å². The van der Waals surface area contributed by atoms with E-state index in [9.17, 15) is 0 Å². The van der Waals surface area contributed by atoms with Crippen molar-refractivity contribution in [3.63, 3.8) is 0 Å². The number of rotatable bonds is 4. The molecule has 0 aromatic heterocycles. The highest BCUT2D eigenvalue weighted by Crippen LogP contribution is 2.68. The maximum atomic E-state index is 6.11. The van der Waals surface area contributed by atoms with Crippen LogP contribution in [0.4, 0.5) is 0 Å². The summed E-state index contributed by atoms with van der Waals surface area (Å²) in [4.78, 5) is 3.83. The minimum Gasteiger partial charge on any atom is -0.161 e. The van der Waals surface area contributed by atoms with Crippen LogP contribution in [0.5, 0.6) is 0 Å². The van der Waals surface area contributed by atoms with Gasteiger partial charge in [-0.3, -0.25) is 0 Å². The topological polar surface area (TPSA) is 0 Å². The molecule has 24 heavy (non-hydrogen) atoms. The summed E-state index contributed by atoms with van der Waals surface area (Å²) in [6, 6.07) is 24.5. The van der Waals surface area contributed by atoms with E-state index in [0.717, 1.165) is 20.8 Å². The summed E-state index contributed by atoms with van der Waals surface area (Å²) in [7, 11) is -1.40. The first-order chi connectivity index (χ1) is 11.6. The SMILES string of the molecule is CCS(c1ccc(Cl)cc1)(c1ccc(Cl)cc1)c1ccc(Cl)cc1. The zero-order valence-electron chi connectivity index (χ0n) is 13.2. The molecule has 0 radical (unpaired) electrons. The van der Waals surface area contributed by atoms with Gasteiger partial charge in [-0.1, -0.05) is 41.7 Å². The van der Waals surface area contributed by atoms with Gasteiger partial charge < -0.3 is 0 Å². The summed E-state index contributed by atoms with van der Waals surface area (Å²) < 4.78 is 0. The van der Waals surface area contributed by atoms with E-state index in [-0.39, 0.29) is 0 Å². The van der Waals surface area contributed by atoms with E-state index >= 15 is 0 Å². The number of halogens is 3. The first-order valence-electron chi connectivity index (χ1n) is 7.64. The summed E-state index contributed by atoms with van der Waals surface area (Å²) in [5.41, 5.74) is 0. The van der Waals surface area contributed by atoms with Gasteiger partial charge >= 0.3 is 0 Å². The van der Waals surface area contributed by atoms with Gasteiger partial charge in [0.1, 0.15) is 0 Å². The fraction of sp³-hybridized carbons (Fsp3) is 0.100. The van der Waals surface area contributed by atoms with Gasteiger partial charge in [-0.25, -0.2) is 0 Å². The van der Waals surface area contributed by atoms with Crippen molar-refractivity contribution in [1.29, 1.82) is 0 Å². The third-order valence-corrected chi connectivity index (χ3v) is 8.93. The van der Waals surface area contributed by atoms with Crippen LogP contribution in [0.15, 0.2) is 87.5 Å². The monoisotopic (exact) mass is 394 g/mol. The Morgan fingerprint density at radius 3 is 1.00 bits per heavy atom. The standard InChI is InChI=1S/C20H17Cl3S/c1-2-24(18-9-3-15(21)4-10-18,19-11-5-16(22)6-12-19)20-13-7-17(23)8-14-20/h3-14H,2H2,1H3. The predicted molar refractivity (Wildman–Crippen MR) is 107 cm³/mol. The highest BCUT2D eigenvalue weighted by atomic mass is 35.5. The molecule has 3 aromatic rings.